The van der Waals surface area contributed by atoms with Crippen LogP contribution in [0.2, 0.25) is 0 Å². The minimum Gasteiger partial charge on any atom is -0.353 e. The first-order valence-electron chi connectivity index (χ1n) is 7.37. The van der Waals surface area contributed by atoms with E-state index in [0.29, 0.717) is 19.5 Å². The standard InChI is InChI=1S/C13H27N3O3S/c1-4-15(5-2)11-9-14-13(17)12-8-6-7-10-16(12)20(3,18)19/h12H,4-11H2,1-3H3,(H,14,17)/t12-/m1/s1. The maximum atomic E-state index is 12.2. The molecule has 0 spiro atoms. The van der Waals surface area contributed by atoms with Crippen LogP contribution < -0.4 is 5.32 Å². The highest BCUT2D eigenvalue weighted by atomic mass is 32.2. The smallest absolute Gasteiger partial charge is 0.238 e. The van der Waals surface area contributed by atoms with Crippen molar-refractivity contribution < 1.29 is 13.2 Å². The van der Waals surface area contributed by atoms with Crippen molar-refractivity contribution in [3.05, 3.63) is 0 Å². The lowest BCUT2D eigenvalue weighted by molar-refractivity contribution is -0.125. The fourth-order valence-corrected chi connectivity index (χ4v) is 3.68. The van der Waals surface area contributed by atoms with Crippen molar-refractivity contribution in [2.24, 2.45) is 0 Å². The fourth-order valence-electron chi connectivity index (χ4n) is 2.56. The Kier molecular flexibility index (Phi) is 6.91. The Morgan fingerprint density at radius 3 is 2.50 bits per heavy atom. The van der Waals surface area contributed by atoms with Crippen molar-refractivity contribution in [2.45, 2.75) is 39.2 Å². The SMILES string of the molecule is CCN(CC)CCNC(=O)[C@H]1CCCCN1S(C)(=O)=O. The van der Waals surface area contributed by atoms with E-state index in [2.05, 4.69) is 24.1 Å². The second-order valence-corrected chi connectivity index (χ2v) is 7.14. The molecule has 1 amide bonds. The number of carbonyl (C=O) groups excluding carboxylic acids is 1. The van der Waals surface area contributed by atoms with Crippen molar-refractivity contribution in [1.82, 2.24) is 14.5 Å². The highest BCUT2D eigenvalue weighted by Crippen LogP contribution is 2.19. The number of sulfonamides is 1. The molecule has 0 aliphatic carbocycles. The third-order valence-corrected chi connectivity index (χ3v) is 5.09. The molecule has 1 fully saturated rings. The van der Waals surface area contributed by atoms with Gasteiger partial charge >= 0.3 is 0 Å². The number of nitrogens with one attached hydrogen (secondary N) is 1. The number of amides is 1. The Labute approximate surface area is 122 Å². The zero-order valence-electron chi connectivity index (χ0n) is 12.8. The molecule has 1 aliphatic rings. The van der Waals surface area contributed by atoms with Gasteiger partial charge in [0.15, 0.2) is 0 Å². The first kappa shape index (κ1) is 17.4. The van der Waals surface area contributed by atoms with Gasteiger partial charge in [-0.1, -0.05) is 20.3 Å². The Balaban J connectivity index is 2.52. The van der Waals surface area contributed by atoms with Crippen molar-refractivity contribution in [2.75, 3.05) is 39.0 Å². The first-order valence-corrected chi connectivity index (χ1v) is 9.21. The van der Waals surface area contributed by atoms with E-state index in [1.807, 2.05) is 0 Å². The summed E-state index contributed by atoms with van der Waals surface area (Å²) in [5.74, 6) is -0.165. The molecule has 1 rings (SSSR count). The van der Waals surface area contributed by atoms with E-state index < -0.39 is 16.1 Å². The molecule has 0 aromatic rings. The summed E-state index contributed by atoms with van der Waals surface area (Å²) < 4.78 is 24.8. The van der Waals surface area contributed by atoms with Crippen LogP contribution in [0.25, 0.3) is 0 Å². The van der Waals surface area contributed by atoms with Gasteiger partial charge in [0, 0.05) is 19.6 Å². The summed E-state index contributed by atoms with van der Waals surface area (Å²) >= 11 is 0. The Bertz CT molecular complexity index is 407. The predicted octanol–water partition coefficient (Wildman–Crippen LogP) is 0.259. The van der Waals surface area contributed by atoms with Gasteiger partial charge in [0.25, 0.3) is 0 Å². The van der Waals surface area contributed by atoms with Gasteiger partial charge in [-0.2, -0.15) is 4.31 Å². The molecular weight excluding hydrogens is 278 g/mol. The molecule has 0 aromatic carbocycles. The molecule has 1 heterocycles. The molecule has 0 unspecified atom stereocenters. The minimum absolute atomic E-state index is 0.165. The van der Waals surface area contributed by atoms with Gasteiger partial charge in [0.1, 0.15) is 6.04 Å². The molecule has 7 heteroatoms. The predicted molar refractivity (Wildman–Crippen MR) is 80.0 cm³/mol. The van der Waals surface area contributed by atoms with Gasteiger partial charge < -0.3 is 10.2 Å². The highest BCUT2D eigenvalue weighted by Gasteiger charge is 2.34. The van der Waals surface area contributed by atoms with E-state index in [-0.39, 0.29) is 5.91 Å². The van der Waals surface area contributed by atoms with E-state index >= 15 is 0 Å². The van der Waals surface area contributed by atoms with E-state index in [0.717, 1.165) is 32.5 Å². The molecule has 0 saturated carbocycles. The molecular formula is C13H27N3O3S. The van der Waals surface area contributed by atoms with Crippen LogP contribution in [0.1, 0.15) is 33.1 Å². The van der Waals surface area contributed by atoms with Crippen molar-refractivity contribution in [3.63, 3.8) is 0 Å². The number of hydrogen-bond donors (Lipinski definition) is 1. The topological polar surface area (TPSA) is 69.7 Å². The maximum absolute atomic E-state index is 12.2. The van der Waals surface area contributed by atoms with E-state index in [1.165, 1.54) is 10.6 Å². The molecule has 0 radical (unpaired) electrons. The molecule has 0 aromatic heterocycles. The van der Waals surface area contributed by atoms with Gasteiger partial charge in [-0.15, -0.1) is 0 Å². The van der Waals surface area contributed by atoms with Crippen molar-refractivity contribution in [3.8, 4) is 0 Å². The summed E-state index contributed by atoms with van der Waals surface area (Å²) in [7, 11) is -3.31. The minimum atomic E-state index is -3.31. The number of likely N-dealkylation sites (N-methyl/N-ethyl adjacent to an activating group) is 1. The summed E-state index contributed by atoms with van der Waals surface area (Å²) in [5.41, 5.74) is 0. The third-order valence-electron chi connectivity index (χ3n) is 3.80. The summed E-state index contributed by atoms with van der Waals surface area (Å²) in [4.78, 5) is 14.4. The van der Waals surface area contributed by atoms with Crippen LogP contribution in [0.3, 0.4) is 0 Å². The largest absolute Gasteiger partial charge is 0.353 e. The summed E-state index contributed by atoms with van der Waals surface area (Å²) in [6.45, 7) is 7.87. The van der Waals surface area contributed by atoms with Crippen molar-refractivity contribution >= 4 is 15.9 Å². The molecule has 1 saturated heterocycles. The molecule has 118 valence electrons. The zero-order valence-corrected chi connectivity index (χ0v) is 13.6. The van der Waals surface area contributed by atoms with Gasteiger partial charge in [-0.25, -0.2) is 8.42 Å². The summed E-state index contributed by atoms with van der Waals surface area (Å²) in [6, 6.07) is -0.532. The van der Waals surface area contributed by atoms with E-state index in [9.17, 15) is 13.2 Å². The number of carbonyl (C=O) groups is 1. The molecule has 1 aliphatic heterocycles. The maximum Gasteiger partial charge on any atom is 0.238 e. The van der Waals surface area contributed by atoms with Gasteiger partial charge in [0.05, 0.1) is 6.26 Å². The lowest BCUT2D eigenvalue weighted by Gasteiger charge is -2.32. The fraction of sp³-hybridized carbons (Fsp3) is 0.923. The Morgan fingerprint density at radius 2 is 1.95 bits per heavy atom. The highest BCUT2D eigenvalue weighted by molar-refractivity contribution is 7.88. The number of piperidine rings is 1. The first-order chi connectivity index (χ1) is 9.40. The van der Waals surface area contributed by atoms with Crippen molar-refractivity contribution in [1.29, 1.82) is 0 Å². The lowest BCUT2D eigenvalue weighted by Crippen LogP contribution is -2.52. The van der Waals surface area contributed by atoms with Crippen LogP contribution in [0.15, 0.2) is 0 Å². The number of hydrogen-bond acceptors (Lipinski definition) is 4. The van der Waals surface area contributed by atoms with Crippen LogP contribution in [-0.4, -0.2) is 68.6 Å². The van der Waals surface area contributed by atoms with Crippen LogP contribution >= 0.6 is 0 Å². The molecule has 20 heavy (non-hydrogen) atoms. The number of nitrogens with zero attached hydrogens (tertiary/aromatic N) is 2. The Hall–Kier alpha value is -0.660. The van der Waals surface area contributed by atoms with Gasteiger partial charge in [-0.3, -0.25) is 4.79 Å². The zero-order chi connectivity index (χ0) is 15.2. The summed E-state index contributed by atoms with van der Waals surface area (Å²) in [5, 5.41) is 2.87. The normalized spacial score (nSPS) is 21.1. The third kappa shape index (κ3) is 5.03. The monoisotopic (exact) mass is 305 g/mol. The lowest BCUT2D eigenvalue weighted by atomic mass is 10.0. The van der Waals surface area contributed by atoms with Gasteiger partial charge in [0.2, 0.25) is 15.9 Å². The molecule has 1 atom stereocenters. The second kappa shape index (κ2) is 7.95. The van der Waals surface area contributed by atoms with Gasteiger partial charge in [-0.05, 0) is 25.9 Å². The number of rotatable bonds is 7. The average molecular weight is 305 g/mol. The average Bonchev–Trinajstić information content (AvgIpc) is 2.42. The van der Waals surface area contributed by atoms with E-state index in [1.54, 1.807) is 0 Å². The van der Waals surface area contributed by atoms with E-state index in [4.69, 9.17) is 0 Å². The summed E-state index contributed by atoms with van der Waals surface area (Å²) in [6.07, 6.45) is 3.52. The Morgan fingerprint density at radius 1 is 1.30 bits per heavy atom. The van der Waals surface area contributed by atoms with Crippen LogP contribution in [-0.2, 0) is 14.8 Å². The molecule has 6 nitrogen and oxygen atoms in total. The quantitative estimate of drug-likeness (QED) is 0.732. The van der Waals surface area contributed by atoms with Crippen LogP contribution in [0, 0.1) is 0 Å². The molecule has 0 bridgehead atoms. The van der Waals surface area contributed by atoms with Crippen LogP contribution in [0.4, 0.5) is 0 Å². The molecule has 1 N–H and O–H groups in total. The second-order valence-electron chi connectivity index (χ2n) is 5.20. The van der Waals surface area contributed by atoms with Crippen LogP contribution in [0.5, 0.6) is 0 Å².